The zero-order valence-electron chi connectivity index (χ0n) is 14.3. The molecule has 2 rings (SSSR count). The van der Waals surface area contributed by atoms with E-state index in [0.717, 1.165) is 18.6 Å². The number of hydrogen-bond donors (Lipinski definition) is 1. The summed E-state index contributed by atoms with van der Waals surface area (Å²) in [4.78, 5) is 24.3. The van der Waals surface area contributed by atoms with Crippen LogP contribution in [0.4, 0.5) is 0 Å². The maximum Gasteiger partial charge on any atom is 0.255 e. The van der Waals surface area contributed by atoms with Crippen LogP contribution in [0.2, 0.25) is 0 Å². The molecule has 0 saturated carbocycles. The minimum absolute atomic E-state index is 0.0184. The van der Waals surface area contributed by atoms with Crippen molar-refractivity contribution in [2.45, 2.75) is 43.5 Å². The van der Waals surface area contributed by atoms with Crippen molar-refractivity contribution >= 4 is 35.0 Å². The van der Waals surface area contributed by atoms with E-state index < -0.39 is 4.84 Å². The molecule has 0 radical (unpaired) electrons. The van der Waals surface area contributed by atoms with Crippen molar-refractivity contribution in [2.24, 2.45) is 0 Å². The second-order valence-electron chi connectivity index (χ2n) is 6.23. The van der Waals surface area contributed by atoms with Gasteiger partial charge in [0.1, 0.15) is 5.75 Å². The molecule has 0 aliphatic carbocycles. The molecule has 0 bridgehead atoms. The van der Waals surface area contributed by atoms with Gasteiger partial charge in [-0.05, 0) is 38.3 Å². The van der Waals surface area contributed by atoms with Gasteiger partial charge in [0, 0.05) is 25.6 Å². The largest absolute Gasteiger partial charge is 0.494 e. The van der Waals surface area contributed by atoms with Gasteiger partial charge < -0.3 is 15.0 Å². The first-order valence-corrected chi connectivity index (χ1v) is 9.39. The Balaban J connectivity index is 1.60. The molecular weight excluding hydrogens is 363 g/mol. The molecule has 1 saturated heterocycles. The van der Waals surface area contributed by atoms with Gasteiger partial charge in [-0.25, -0.2) is 0 Å². The van der Waals surface area contributed by atoms with Crippen molar-refractivity contribution in [1.29, 1.82) is 0 Å². The Bertz CT molecular complexity index is 570. The standard InChI is InChI=1S/C18H24Cl2N2O3/c1-13-4-6-15(7-5-13)25-12-2-3-16(23)21-14-8-10-22(11-9-14)18(24)17(19)20/h4-7,14,17H,2-3,8-12H2,1H3,(H,21,23). The van der Waals surface area contributed by atoms with Gasteiger partial charge in [0.05, 0.1) is 6.61 Å². The van der Waals surface area contributed by atoms with Gasteiger partial charge in [-0.1, -0.05) is 40.9 Å². The van der Waals surface area contributed by atoms with Gasteiger partial charge in [0.2, 0.25) is 5.91 Å². The molecule has 1 heterocycles. The second-order valence-corrected chi connectivity index (χ2v) is 7.33. The van der Waals surface area contributed by atoms with Gasteiger partial charge in [-0.15, -0.1) is 0 Å². The van der Waals surface area contributed by atoms with Crippen LogP contribution < -0.4 is 10.1 Å². The number of hydrogen-bond acceptors (Lipinski definition) is 3. The van der Waals surface area contributed by atoms with Gasteiger partial charge in [-0.3, -0.25) is 9.59 Å². The number of alkyl halides is 2. The number of halogens is 2. The summed E-state index contributed by atoms with van der Waals surface area (Å²) in [5.41, 5.74) is 1.19. The number of ether oxygens (including phenoxy) is 1. The summed E-state index contributed by atoms with van der Waals surface area (Å²) >= 11 is 11.2. The maximum absolute atomic E-state index is 12.0. The molecule has 25 heavy (non-hydrogen) atoms. The summed E-state index contributed by atoms with van der Waals surface area (Å²) in [6, 6.07) is 7.94. The molecule has 0 unspecified atom stereocenters. The minimum Gasteiger partial charge on any atom is -0.494 e. The fraction of sp³-hybridized carbons (Fsp3) is 0.556. The van der Waals surface area contributed by atoms with Crippen LogP contribution in [0.3, 0.4) is 0 Å². The molecule has 0 spiro atoms. The Morgan fingerprint density at radius 3 is 2.48 bits per heavy atom. The fourth-order valence-corrected chi connectivity index (χ4v) is 3.02. The summed E-state index contributed by atoms with van der Waals surface area (Å²) in [6.45, 7) is 3.67. The third-order valence-electron chi connectivity index (χ3n) is 4.20. The number of aryl methyl sites for hydroxylation is 1. The molecule has 1 aromatic carbocycles. The molecule has 2 amide bonds. The first-order chi connectivity index (χ1) is 12.0. The van der Waals surface area contributed by atoms with Gasteiger partial charge >= 0.3 is 0 Å². The van der Waals surface area contributed by atoms with E-state index in [1.54, 1.807) is 4.90 Å². The lowest BCUT2D eigenvalue weighted by Crippen LogP contribution is -2.47. The molecule has 1 N–H and O–H groups in total. The SMILES string of the molecule is Cc1ccc(OCCCC(=O)NC2CCN(C(=O)C(Cl)Cl)CC2)cc1. The van der Waals surface area contributed by atoms with Crippen LogP contribution in [0.15, 0.2) is 24.3 Å². The van der Waals surface area contributed by atoms with Crippen LogP contribution in [0.1, 0.15) is 31.2 Å². The van der Waals surface area contributed by atoms with E-state index in [2.05, 4.69) is 5.32 Å². The predicted octanol–water partition coefficient (Wildman–Crippen LogP) is 3.06. The van der Waals surface area contributed by atoms with Crippen LogP contribution in [0.25, 0.3) is 0 Å². The topological polar surface area (TPSA) is 58.6 Å². The highest BCUT2D eigenvalue weighted by Gasteiger charge is 2.26. The summed E-state index contributed by atoms with van der Waals surface area (Å²) in [7, 11) is 0. The molecule has 0 aromatic heterocycles. The lowest BCUT2D eigenvalue weighted by Gasteiger charge is -2.32. The molecule has 138 valence electrons. The van der Waals surface area contributed by atoms with Crippen molar-refractivity contribution in [1.82, 2.24) is 10.2 Å². The Morgan fingerprint density at radius 2 is 1.88 bits per heavy atom. The highest BCUT2D eigenvalue weighted by molar-refractivity contribution is 6.53. The van der Waals surface area contributed by atoms with Gasteiger partial charge in [-0.2, -0.15) is 0 Å². The lowest BCUT2D eigenvalue weighted by molar-refractivity contribution is -0.130. The van der Waals surface area contributed by atoms with E-state index in [9.17, 15) is 9.59 Å². The Labute approximate surface area is 158 Å². The number of nitrogens with zero attached hydrogens (tertiary/aromatic N) is 1. The Hall–Kier alpha value is -1.46. The highest BCUT2D eigenvalue weighted by Crippen LogP contribution is 2.15. The molecule has 0 atom stereocenters. The van der Waals surface area contributed by atoms with Crippen molar-refractivity contribution in [3.8, 4) is 5.75 Å². The van der Waals surface area contributed by atoms with E-state index in [1.807, 2.05) is 31.2 Å². The van der Waals surface area contributed by atoms with Crippen molar-refractivity contribution in [3.63, 3.8) is 0 Å². The molecule has 1 aliphatic heterocycles. The van der Waals surface area contributed by atoms with Gasteiger partial charge in [0.15, 0.2) is 4.84 Å². The first-order valence-electron chi connectivity index (χ1n) is 8.51. The summed E-state index contributed by atoms with van der Waals surface area (Å²) < 4.78 is 5.62. The summed E-state index contributed by atoms with van der Waals surface area (Å²) in [5.74, 6) is 0.575. The van der Waals surface area contributed by atoms with E-state index >= 15 is 0 Å². The van der Waals surface area contributed by atoms with Crippen molar-refractivity contribution in [3.05, 3.63) is 29.8 Å². The fourth-order valence-electron chi connectivity index (χ4n) is 2.74. The Kier molecular flexibility index (Phi) is 7.85. The van der Waals surface area contributed by atoms with Gasteiger partial charge in [0.25, 0.3) is 5.91 Å². The number of rotatable bonds is 7. The van der Waals surface area contributed by atoms with Crippen LogP contribution in [-0.4, -0.2) is 47.3 Å². The zero-order chi connectivity index (χ0) is 18.2. The number of likely N-dealkylation sites (tertiary alicyclic amines) is 1. The first kappa shape index (κ1) is 19.9. The summed E-state index contributed by atoms with van der Waals surface area (Å²) in [5, 5.41) is 3.02. The summed E-state index contributed by atoms with van der Waals surface area (Å²) in [6.07, 6.45) is 2.53. The number of carbonyl (C=O) groups is 2. The predicted molar refractivity (Wildman–Crippen MR) is 99.1 cm³/mol. The van der Waals surface area contributed by atoms with E-state index in [1.165, 1.54) is 5.56 Å². The monoisotopic (exact) mass is 386 g/mol. The molecule has 1 aromatic rings. The number of benzene rings is 1. The molecule has 7 heteroatoms. The third kappa shape index (κ3) is 6.75. The molecule has 5 nitrogen and oxygen atoms in total. The molecule has 1 aliphatic rings. The lowest BCUT2D eigenvalue weighted by atomic mass is 10.0. The van der Waals surface area contributed by atoms with E-state index in [-0.39, 0.29) is 17.9 Å². The second kappa shape index (κ2) is 9.88. The molecular formula is C18H24Cl2N2O3. The highest BCUT2D eigenvalue weighted by atomic mass is 35.5. The van der Waals surface area contributed by atoms with Crippen molar-refractivity contribution < 1.29 is 14.3 Å². The number of carbonyl (C=O) groups excluding carboxylic acids is 2. The quantitative estimate of drug-likeness (QED) is 0.578. The van der Waals surface area contributed by atoms with E-state index in [0.29, 0.717) is 32.5 Å². The molecule has 1 fully saturated rings. The third-order valence-corrected chi connectivity index (χ3v) is 4.57. The Morgan fingerprint density at radius 1 is 1.24 bits per heavy atom. The van der Waals surface area contributed by atoms with Crippen LogP contribution in [-0.2, 0) is 9.59 Å². The average Bonchev–Trinajstić information content (AvgIpc) is 2.60. The maximum atomic E-state index is 12.0. The number of nitrogens with one attached hydrogen (secondary N) is 1. The zero-order valence-corrected chi connectivity index (χ0v) is 15.9. The number of piperidine rings is 1. The van der Waals surface area contributed by atoms with Crippen LogP contribution in [0, 0.1) is 6.92 Å². The number of amides is 2. The van der Waals surface area contributed by atoms with Crippen LogP contribution >= 0.6 is 23.2 Å². The average molecular weight is 387 g/mol. The minimum atomic E-state index is -1.01. The van der Waals surface area contributed by atoms with Crippen LogP contribution in [0.5, 0.6) is 5.75 Å². The normalized spacial score (nSPS) is 15.3. The van der Waals surface area contributed by atoms with Crippen molar-refractivity contribution in [2.75, 3.05) is 19.7 Å². The van der Waals surface area contributed by atoms with E-state index in [4.69, 9.17) is 27.9 Å². The smallest absolute Gasteiger partial charge is 0.255 e.